The smallest absolute Gasteiger partial charge is 0.235 e. The minimum absolute atomic E-state index is 0.400. The van der Waals surface area contributed by atoms with E-state index in [4.69, 9.17) is 16.3 Å². The summed E-state index contributed by atoms with van der Waals surface area (Å²) >= 11 is 6.16. The third-order valence-corrected chi connectivity index (χ3v) is 3.69. The van der Waals surface area contributed by atoms with Crippen molar-refractivity contribution in [2.75, 3.05) is 7.11 Å². The Kier molecular flexibility index (Phi) is 3.23. The topological polar surface area (TPSA) is 38.7 Å². The summed E-state index contributed by atoms with van der Waals surface area (Å²) in [6.45, 7) is 1.94. The van der Waals surface area contributed by atoms with Gasteiger partial charge in [0.15, 0.2) is 0 Å². The number of nitrogens with zero attached hydrogens (tertiary/aromatic N) is 1. The highest BCUT2D eigenvalue weighted by molar-refractivity contribution is 6.32. The lowest BCUT2D eigenvalue weighted by atomic mass is 9.72. The number of aryl methyl sites for hydroxylation is 1. The number of methoxy groups -OCH3 is 1. The van der Waals surface area contributed by atoms with Crippen LogP contribution in [0.25, 0.3) is 0 Å². The minimum Gasteiger partial charge on any atom is -0.495 e. The molecule has 0 amide bonds. The molecule has 0 aromatic heterocycles. The van der Waals surface area contributed by atoms with Crippen molar-refractivity contribution in [3.05, 3.63) is 28.3 Å². The van der Waals surface area contributed by atoms with E-state index in [0.717, 1.165) is 30.4 Å². The Labute approximate surface area is 105 Å². The van der Waals surface area contributed by atoms with Crippen molar-refractivity contribution in [1.29, 1.82) is 0 Å². The molecule has 90 valence electrons. The zero-order chi connectivity index (χ0) is 12.5. The van der Waals surface area contributed by atoms with Crippen molar-refractivity contribution in [1.82, 2.24) is 0 Å². The lowest BCUT2D eigenvalue weighted by Gasteiger charge is -2.37. The normalized spacial score (nSPS) is 16.9. The van der Waals surface area contributed by atoms with Crippen LogP contribution < -0.4 is 4.74 Å². The van der Waals surface area contributed by atoms with Crippen LogP contribution in [0.5, 0.6) is 5.75 Å². The molecule has 1 saturated carbocycles. The standard InChI is InChI=1S/C13H14ClNO2/c1-9-6-10(7-11(14)12(9)17-2)13(15-8-16)4-3-5-13/h6-7H,3-5H2,1-2H3. The maximum atomic E-state index is 10.5. The predicted molar refractivity (Wildman–Crippen MR) is 66.4 cm³/mol. The minimum atomic E-state index is -0.400. The molecule has 0 heterocycles. The van der Waals surface area contributed by atoms with E-state index in [1.54, 1.807) is 13.2 Å². The van der Waals surface area contributed by atoms with Gasteiger partial charge in [0.1, 0.15) is 5.75 Å². The molecule has 0 bridgehead atoms. The third-order valence-electron chi connectivity index (χ3n) is 3.41. The zero-order valence-corrected chi connectivity index (χ0v) is 10.7. The van der Waals surface area contributed by atoms with Gasteiger partial charge in [-0.3, -0.25) is 0 Å². The van der Waals surface area contributed by atoms with E-state index in [2.05, 4.69) is 4.99 Å². The van der Waals surface area contributed by atoms with Crippen LogP contribution in [-0.4, -0.2) is 13.2 Å². The van der Waals surface area contributed by atoms with Crippen LogP contribution in [0.4, 0.5) is 0 Å². The Bertz CT molecular complexity index is 465. The number of rotatable bonds is 3. The van der Waals surface area contributed by atoms with Gasteiger partial charge in [0.2, 0.25) is 6.08 Å². The summed E-state index contributed by atoms with van der Waals surface area (Å²) in [5.74, 6) is 0.681. The SMILES string of the molecule is COc1c(C)cc(C2(N=C=O)CCC2)cc1Cl. The molecule has 0 atom stereocenters. The molecule has 0 aliphatic heterocycles. The van der Waals surface area contributed by atoms with Gasteiger partial charge in [0, 0.05) is 0 Å². The zero-order valence-electron chi connectivity index (χ0n) is 9.92. The van der Waals surface area contributed by atoms with Gasteiger partial charge in [-0.2, -0.15) is 4.99 Å². The summed E-state index contributed by atoms with van der Waals surface area (Å²) in [5.41, 5.74) is 1.54. The van der Waals surface area contributed by atoms with Crippen molar-refractivity contribution in [3.8, 4) is 5.75 Å². The van der Waals surface area contributed by atoms with Crippen LogP contribution in [-0.2, 0) is 10.3 Å². The molecule has 1 aliphatic carbocycles. The fourth-order valence-corrected chi connectivity index (χ4v) is 2.67. The van der Waals surface area contributed by atoms with Crippen molar-refractivity contribution in [2.45, 2.75) is 31.7 Å². The first-order chi connectivity index (χ1) is 8.13. The molecule has 0 saturated heterocycles. The molecule has 0 unspecified atom stereocenters. The number of halogens is 1. The first-order valence-corrected chi connectivity index (χ1v) is 5.94. The lowest BCUT2D eigenvalue weighted by Crippen LogP contribution is -2.32. The second-order valence-corrected chi connectivity index (χ2v) is 4.80. The van der Waals surface area contributed by atoms with Gasteiger partial charge in [-0.1, -0.05) is 11.6 Å². The molecule has 0 spiro atoms. The van der Waals surface area contributed by atoms with Crippen molar-refractivity contribution < 1.29 is 9.53 Å². The largest absolute Gasteiger partial charge is 0.495 e. The molecule has 1 aromatic rings. The Morgan fingerprint density at radius 3 is 2.59 bits per heavy atom. The fourth-order valence-electron chi connectivity index (χ4n) is 2.32. The molecule has 1 aromatic carbocycles. The van der Waals surface area contributed by atoms with E-state index in [1.165, 1.54) is 0 Å². The third kappa shape index (κ3) is 1.97. The van der Waals surface area contributed by atoms with Gasteiger partial charge < -0.3 is 4.74 Å². The number of aliphatic imine (C=N–C) groups is 1. The molecule has 0 radical (unpaired) electrons. The highest BCUT2D eigenvalue weighted by Gasteiger charge is 2.39. The quantitative estimate of drug-likeness (QED) is 0.610. The van der Waals surface area contributed by atoms with E-state index < -0.39 is 5.54 Å². The second kappa shape index (κ2) is 4.52. The number of ether oxygens (including phenoxy) is 1. The maximum Gasteiger partial charge on any atom is 0.235 e. The van der Waals surface area contributed by atoms with Gasteiger partial charge in [0.25, 0.3) is 0 Å². The van der Waals surface area contributed by atoms with E-state index >= 15 is 0 Å². The van der Waals surface area contributed by atoms with Crippen LogP contribution >= 0.6 is 11.6 Å². The van der Waals surface area contributed by atoms with Crippen LogP contribution in [0.1, 0.15) is 30.4 Å². The highest BCUT2D eigenvalue weighted by Crippen LogP contribution is 2.46. The molecule has 4 heteroatoms. The maximum absolute atomic E-state index is 10.5. The van der Waals surface area contributed by atoms with Crippen LogP contribution in [0, 0.1) is 6.92 Å². The predicted octanol–water partition coefficient (Wildman–Crippen LogP) is 3.37. The Balaban J connectivity index is 2.49. The monoisotopic (exact) mass is 251 g/mol. The lowest BCUT2D eigenvalue weighted by molar-refractivity contribution is 0.255. The molecule has 2 rings (SSSR count). The molecule has 1 aliphatic rings. The second-order valence-electron chi connectivity index (χ2n) is 4.40. The molecular weight excluding hydrogens is 238 g/mol. The van der Waals surface area contributed by atoms with Crippen molar-refractivity contribution >= 4 is 17.7 Å². The number of hydrogen-bond acceptors (Lipinski definition) is 3. The summed E-state index contributed by atoms with van der Waals surface area (Å²) in [5, 5.41) is 0.565. The number of isocyanates is 1. The summed E-state index contributed by atoms with van der Waals surface area (Å²) in [6, 6.07) is 3.83. The Hall–Kier alpha value is -1.31. The van der Waals surface area contributed by atoms with E-state index in [-0.39, 0.29) is 0 Å². The summed E-state index contributed by atoms with van der Waals surface area (Å²) < 4.78 is 5.22. The van der Waals surface area contributed by atoms with Gasteiger partial charge >= 0.3 is 0 Å². The van der Waals surface area contributed by atoms with E-state index in [0.29, 0.717) is 10.8 Å². The molecule has 0 N–H and O–H groups in total. The number of hydrogen-bond donors (Lipinski definition) is 0. The van der Waals surface area contributed by atoms with Crippen molar-refractivity contribution in [2.24, 2.45) is 4.99 Å². The van der Waals surface area contributed by atoms with Crippen LogP contribution in [0.15, 0.2) is 17.1 Å². The van der Waals surface area contributed by atoms with Gasteiger partial charge in [-0.05, 0) is 49.4 Å². The van der Waals surface area contributed by atoms with E-state index in [1.807, 2.05) is 19.1 Å². The molecule has 3 nitrogen and oxygen atoms in total. The molecular formula is C13H14ClNO2. The summed E-state index contributed by atoms with van der Waals surface area (Å²) in [6.07, 6.45) is 4.51. The van der Waals surface area contributed by atoms with Gasteiger partial charge in [0.05, 0.1) is 17.7 Å². The number of carbonyl (C=O) groups excluding carboxylic acids is 1. The Morgan fingerprint density at radius 1 is 1.47 bits per heavy atom. The Morgan fingerprint density at radius 2 is 2.18 bits per heavy atom. The molecule has 1 fully saturated rings. The highest BCUT2D eigenvalue weighted by atomic mass is 35.5. The van der Waals surface area contributed by atoms with Crippen molar-refractivity contribution in [3.63, 3.8) is 0 Å². The number of benzene rings is 1. The fraction of sp³-hybridized carbons (Fsp3) is 0.462. The first kappa shape index (κ1) is 12.2. The average Bonchev–Trinajstić information content (AvgIpc) is 2.23. The average molecular weight is 252 g/mol. The van der Waals surface area contributed by atoms with Gasteiger partial charge in [-0.15, -0.1) is 0 Å². The molecule has 17 heavy (non-hydrogen) atoms. The van der Waals surface area contributed by atoms with Crippen LogP contribution in [0.3, 0.4) is 0 Å². The van der Waals surface area contributed by atoms with E-state index in [9.17, 15) is 4.79 Å². The summed E-state index contributed by atoms with van der Waals surface area (Å²) in [7, 11) is 1.59. The summed E-state index contributed by atoms with van der Waals surface area (Å²) in [4.78, 5) is 14.5. The first-order valence-electron chi connectivity index (χ1n) is 5.56. The van der Waals surface area contributed by atoms with Crippen LogP contribution in [0.2, 0.25) is 5.02 Å². The van der Waals surface area contributed by atoms with Gasteiger partial charge in [-0.25, -0.2) is 4.79 Å².